The Balaban J connectivity index is 1.80. The first kappa shape index (κ1) is 10.5. The van der Waals surface area contributed by atoms with Gasteiger partial charge in [0.05, 0.1) is 0 Å². The lowest BCUT2D eigenvalue weighted by atomic mass is 9.94. The second-order valence-electron chi connectivity index (χ2n) is 4.59. The van der Waals surface area contributed by atoms with Crippen LogP contribution in [0.3, 0.4) is 0 Å². The van der Waals surface area contributed by atoms with Crippen LogP contribution in [-0.4, -0.2) is 18.0 Å². The van der Waals surface area contributed by atoms with E-state index in [2.05, 4.69) is 24.0 Å². The van der Waals surface area contributed by atoms with E-state index in [9.17, 15) is 0 Å². The largest absolute Gasteiger partial charge is 0.399 e. The van der Waals surface area contributed by atoms with Crippen LogP contribution >= 0.6 is 0 Å². The Bertz CT molecular complexity index is 316. The molecule has 0 saturated carbocycles. The third-order valence-electron chi connectivity index (χ3n) is 3.09. The van der Waals surface area contributed by atoms with Crippen molar-refractivity contribution in [3.8, 4) is 0 Å². The molecule has 1 fully saturated rings. The van der Waals surface area contributed by atoms with Crippen LogP contribution < -0.4 is 5.73 Å². The molecule has 2 N–H and O–H groups in total. The van der Waals surface area contributed by atoms with Gasteiger partial charge < -0.3 is 5.73 Å². The van der Waals surface area contributed by atoms with Crippen molar-refractivity contribution in [1.29, 1.82) is 0 Å². The molecule has 0 radical (unpaired) electrons. The SMILES string of the molecule is CCCC1CN(Cc2cccc(N)c2)C1. The standard InChI is InChI=1S/C13H20N2/c1-2-4-12-9-15(10-12)8-11-5-3-6-13(14)7-11/h3,5-7,12H,2,4,8-10,14H2,1H3. The number of nitrogen functional groups attached to an aromatic ring is 1. The summed E-state index contributed by atoms with van der Waals surface area (Å²) >= 11 is 0. The fourth-order valence-electron chi connectivity index (χ4n) is 2.35. The molecule has 0 aliphatic carbocycles. The van der Waals surface area contributed by atoms with Crippen molar-refractivity contribution in [2.24, 2.45) is 5.92 Å². The molecule has 82 valence electrons. The fourth-order valence-corrected chi connectivity index (χ4v) is 2.35. The van der Waals surface area contributed by atoms with Crippen LogP contribution in [0.25, 0.3) is 0 Å². The maximum Gasteiger partial charge on any atom is 0.0317 e. The average molecular weight is 204 g/mol. The molecule has 15 heavy (non-hydrogen) atoms. The molecule has 2 rings (SSSR count). The molecule has 0 unspecified atom stereocenters. The summed E-state index contributed by atoms with van der Waals surface area (Å²) in [5.41, 5.74) is 7.96. The maximum atomic E-state index is 5.75. The van der Waals surface area contributed by atoms with Gasteiger partial charge in [0.15, 0.2) is 0 Å². The second-order valence-corrected chi connectivity index (χ2v) is 4.59. The lowest BCUT2D eigenvalue weighted by Crippen LogP contribution is -2.45. The molecule has 0 amide bonds. The smallest absolute Gasteiger partial charge is 0.0317 e. The topological polar surface area (TPSA) is 29.3 Å². The highest BCUT2D eigenvalue weighted by Gasteiger charge is 2.25. The third kappa shape index (κ3) is 2.72. The summed E-state index contributed by atoms with van der Waals surface area (Å²) in [6.07, 6.45) is 2.70. The van der Waals surface area contributed by atoms with Gasteiger partial charge in [-0.05, 0) is 30.0 Å². The van der Waals surface area contributed by atoms with Gasteiger partial charge in [-0.25, -0.2) is 0 Å². The average Bonchev–Trinajstić information content (AvgIpc) is 2.15. The molecule has 0 spiro atoms. The second kappa shape index (κ2) is 4.67. The summed E-state index contributed by atoms with van der Waals surface area (Å²) < 4.78 is 0. The van der Waals surface area contributed by atoms with E-state index in [4.69, 9.17) is 5.73 Å². The third-order valence-corrected chi connectivity index (χ3v) is 3.09. The number of hydrogen-bond donors (Lipinski definition) is 1. The molecular formula is C13H20N2. The van der Waals surface area contributed by atoms with Crippen LogP contribution in [0.2, 0.25) is 0 Å². The number of likely N-dealkylation sites (tertiary alicyclic amines) is 1. The number of hydrogen-bond acceptors (Lipinski definition) is 2. The van der Waals surface area contributed by atoms with E-state index >= 15 is 0 Å². The molecule has 1 aliphatic heterocycles. The minimum absolute atomic E-state index is 0.873. The summed E-state index contributed by atoms with van der Waals surface area (Å²) in [5.74, 6) is 0.941. The van der Waals surface area contributed by atoms with E-state index in [0.717, 1.165) is 18.2 Å². The lowest BCUT2D eigenvalue weighted by molar-refractivity contribution is 0.0860. The first-order chi connectivity index (χ1) is 7.28. The first-order valence-corrected chi connectivity index (χ1v) is 5.84. The van der Waals surface area contributed by atoms with E-state index in [1.54, 1.807) is 0 Å². The van der Waals surface area contributed by atoms with Gasteiger partial charge >= 0.3 is 0 Å². The number of rotatable bonds is 4. The highest BCUT2D eigenvalue weighted by molar-refractivity contribution is 5.40. The van der Waals surface area contributed by atoms with Crippen molar-refractivity contribution in [3.05, 3.63) is 29.8 Å². The van der Waals surface area contributed by atoms with Gasteiger partial charge in [-0.3, -0.25) is 4.90 Å². The lowest BCUT2D eigenvalue weighted by Gasteiger charge is -2.39. The Morgan fingerprint density at radius 2 is 2.20 bits per heavy atom. The normalized spacial score (nSPS) is 17.7. The van der Waals surface area contributed by atoms with E-state index in [1.807, 2.05) is 12.1 Å². The number of nitrogens with two attached hydrogens (primary N) is 1. The molecule has 0 aromatic heterocycles. The highest BCUT2D eigenvalue weighted by atomic mass is 15.2. The summed E-state index contributed by atoms with van der Waals surface area (Å²) in [6, 6.07) is 8.21. The number of anilines is 1. The van der Waals surface area contributed by atoms with Crippen molar-refractivity contribution in [2.75, 3.05) is 18.8 Å². The zero-order valence-corrected chi connectivity index (χ0v) is 9.45. The Labute approximate surface area is 92.1 Å². The predicted molar refractivity (Wildman–Crippen MR) is 64.5 cm³/mol. The van der Waals surface area contributed by atoms with E-state index < -0.39 is 0 Å². The minimum Gasteiger partial charge on any atom is -0.399 e. The van der Waals surface area contributed by atoms with Crippen LogP contribution in [0.4, 0.5) is 5.69 Å². The predicted octanol–water partition coefficient (Wildman–Crippen LogP) is 2.50. The monoisotopic (exact) mass is 204 g/mol. The molecule has 0 atom stereocenters. The minimum atomic E-state index is 0.873. The van der Waals surface area contributed by atoms with Crippen LogP contribution in [0, 0.1) is 5.92 Å². The van der Waals surface area contributed by atoms with Crippen molar-refractivity contribution in [1.82, 2.24) is 4.90 Å². The van der Waals surface area contributed by atoms with Crippen molar-refractivity contribution in [3.63, 3.8) is 0 Å². The Morgan fingerprint density at radius 3 is 2.87 bits per heavy atom. The highest BCUT2D eigenvalue weighted by Crippen LogP contribution is 2.22. The van der Waals surface area contributed by atoms with Crippen LogP contribution in [-0.2, 0) is 6.54 Å². The van der Waals surface area contributed by atoms with Crippen molar-refractivity contribution >= 4 is 5.69 Å². The van der Waals surface area contributed by atoms with Crippen LogP contribution in [0.15, 0.2) is 24.3 Å². The van der Waals surface area contributed by atoms with Gasteiger partial charge in [-0.2, -0.15) is 0 Å². The Morgan fingerprint density at radius 1 is 1.40 bits per heavy atom. The maximum absolute atomic E-state index is 5.75. The van der Waals surface area contributed by atoms with Gasteiger partial charge in [-0.1, -0.05) is 25.5 Å². The van der Waals surface area contributed by atoms with Crippen molar-refractivity contribution in [2.45, 2.75) is 26.3 Å². The molecule has 2 heteroatoms. The zero-order valence-electron chi connectivity index (χ0n) is 9.45. The van der Waals surface area contributed by atoms with Crippen molar-refractivity contribution < 1.29 is 0 Å². The Kier molecular flexibility index (Phi) is 3.27. The zero-order chi connectivity index (χ0) is 10.7. The molecule has 1 saturated heterocycles. The summed E-state index contributed by atoms with van der Waals surface area (Å²) in [6.45, 7) is 5.86. The Hall–Kier alpha value is -1.02. The summed E-state index contributed by atoms with van der Waals surface area (Å²) in [7, 11) is 0. The number of nitrogens with zero attached hydrogens (tertiary/aromatic N) is 1. The van der Waals surface area contributed by atoms with E-state index in [1.165, 1.54) is 31.5 Å². The first-order valence-electron chi connectivity index (χ1n) is 5.84. The van der Waals surface area contributed by atoms with Gasteiger partial charge in [0.2, 0.25) is 0 Å². The fraction of sp³-hybridized carbons (Fsp3) is 0.538. The van der Waals surface area contributed by atoms with E-state index in [0.29, 0.717) is 0 Å². The summed E-state index contributed by atoms with van der Waals surface area (Å²) in [4.78, 5) is 2.50. The number of benzene rings is 1. The molecule has 1 aliphatic rings. The molecular weight excluding hydrogens is 184 g/mol. The van der Waals surface area contributed by atoms with Gasteiger partial charge in [0, 0.05) is 25.3 Å². The van der Waals surface area contributed by atoms with Crippen LogP contribution in [0.1, 0.15) is 25.3 Å². The van der Waals surface area contributed by atoms with Gasteiger partial charge in [0.1, 0.15) is 0 Å². The van der Waals surface area contributed by atoms with Crippen LogP contribution in [0.5, 0.6) is 0 Å². The van der Waals surface area contributed by atoms with Gasteiger partial charge in [0.25, 0.3) is 0 Å². The van der Waals surface area contributed by atoms with Gasteiger partial charge in [-0.15, -0.1) is 0 Å². The summed E-state index contributed by atoms with van der Waals surface area (Å²) in [5, 5.41) is 0. The quantitative estimate of drug-likeness (QED) is 0.763. The molecule has 0 bridgehead atoms. The molecule has 1 heterocycles. The molecule has 2 nitrogen and oxygen atoms in total. The molecule has 1 aromatic rings. The molecule has 1 aromatic carbocycles. The van der Waals surface area contributed by atoms with E-state index in [-0.39, 0.29) is 0 Å².